The monoisotopic (exact) mass is 512 g/mol. The van der Waals surface area contributed by atoms with Crippen LogP contribution in [0.1, 0.15) is 12.5 Å². The zero-order valence-electron chi connectivity index (χ0n) is 17.1. The van der Waals surface area contributed by atoms with E-state index in [1.807, 2.05) is 61.5 Å². The second kappa shape index (κ2) is 9.92. The van der Waals surface area contributed by atoms with Gasteiger partial charge in [-0.1, -0.05) is 62.7 Å². The molecular formula is C22H19BrN5O3S+. The van der Waals surface area contributed by atoms with E-state index < -0.39 is 0 Å². The standard InChI is InChI=1S/C22H18BrN5O3S/c1-2-27-13-20(31-26-27)25-19(29)14-32-22-24-18(12-15-8-10-16(23)11-9-15)21(30)28(22)17-6-4-3-5-7-17/h3-13H,2,14H2,1H3/p+1/b18-12+. The van der Waals surface area contributed by atoms with Crippen LogP contribution < -0.4 is 14.9 Å². The molecule has 2 aromatic carbocycles. The van der Waals surface area contributed by atoms with E-state index in [-0.39, 0.29) is 23.5 Å². The van der Waals surface area contributed by atoms with Gasteiger partial charge in [-0.3, -0.25) is 24.3 Å². The highest BCUT2D eigenvalue weighted by atomic mass is 79.9. The van der Waals surface area contributed by atoms with Gasteiger partial charge in [0.2, 0.25) is 11.2 Å². The van der Waals surface area contributed by atoms with Crippen molar-refractivity contribution in [2.75, 3.05) is 16.0 Å². The molecule has 0 fully saturated rings. The van der Waals surface area contributed by atoms with Gasteiger partial charge in [-0.2, -0.15) is 0 Å². The predicted molar refractivity (Wildman–Crippen MR) is 127 cm³/mol. The maximum Gasteiger partial charge on any atom is 0.302 e. The van der Waals surface area contributed by atoms with Gasteiger partial charge in [-0.25, -0.2) is 4.99 Å². The van der Waals surface area contributed by atoms with Crippen molar-refractivity contribution in [3.8, 4) is 0 Å². The molecule has 1 aliphatic rings. The first-order chi connectivity index (χ1) is 15.5. The number of aryl methyl sites for hydroxylation is 1. The molecule has 0 spiro atoms. The van der Waals surface area contributed by atoms with Crippen molar-refractivity contribution >= 4 is 62.3 Å². The van der Waals surface area contributed by atoms with Crippen LogP contribution in [0.15, 0.2) is 80.5 Å². The lowest BCUT2D eigenvalue weighted by molar-refractivity contribution is -0.759. The number of aliphatic imine (C=N–C) groups is 1. The Bertz CT molecular complexity index is 1190. The van der Waals surface area contributed by atoms with E-state index in [2.05, 4.69) is 31.5 Å². The molecule has 2 amide bonds. The SMILES string of the molecule is CC[n+]1cc(NC(=O)CSC2=N/C(=C/c3ccc(Br)cc3)C(=O)N2c2ccccc2)on1. The molecule has 1 aromatic heterocycles. The number of para-hydroxylation sites is 1. The Morgan fingerprint density at radius 3 is 2.66 bits per heavy atom. The number of aromatic nitrogens is 2. The molecule has 0 bridgehead atoms. The highest BCUT2D eigenvalue weighted by Gasteiger charge is 2.32. The highest BCUT2D eigenvalue weighted by Crippen LogP contribution is 2.29. The number of benzene rings is 2. The summed E-state index contributed by atoms with van der Waals surface area (Å²) in [6, 6.07) is 16.8. The molecule has 0 radical (unpaired) electrons. The Hall–Kier alpha value is -3.24. The van der Waals surface area contributed by atoms with Crippen molar-refractivity contribution in [1.82, 2.24) is 5.27 Å². The molecule has 4 rings (SSSR count). The number of nitrogens with zero attached hydrogens (tertiary/aromatic N) is 4. The number of carbonyl (C=O) groups excluding carboxylic acids is 2. The van der Waals surface area contributed by atoms with Crippen LogP contribution in [-0.2, 0) is 16.1 Å². The highest BCUT2D eigenvalue weighted by molar-refractivity contribution is 9.10. The summed E-state index contributed by atoms with van der Waals surface area (Å²) in [5, 5.41) is 6.86. The quantitative estimate of drug-likeness (QED) is 0.399. The maximum atomic E-state index is 13.2. The average Bonchev–Trinajstić information content (AvgIpc) is 3.38. The summed E-state index contributed by atoms with van der Waals surface area (Å²) in [5.74, 6) is -0.227. The lowest BCUT2D eigenvalue weighted by atomic mass is 10.2. The minimum Gasteiger partial charge on any atom is -0.288 e. The van der Waals surface area contributed by atoms with Gasteiger partial charge >= 0.3 is 5.88 Å². The molecule has 162 valence electrons. The van der Waals surface area contributed by atoms with Crippen LogP contribution in [0.5, 0.6) is 0 Å². The van der Waals surface area contributed by atoms with Crippen LogP contribution in [0.25, 0.3) is 6.08 Å². The smallest absolute Gasteiger partial charge is 0.288 e. The molecule has 1 N–H and O–H groups in total. The van der Waals surface area contributed by atoms with Crippen LogP contribution in [0.3, 0.4) is 0 Å². The van der Waals surface area contributed by atoms with Gasteiger partial charge in [0.15, 0.2) is 11.7 Å². The van der Waals surface area contributed by atoms with Gasteiger partial charge in [-0.05, 0) is 42.8 Å². The minimum atomic E-state index is -0.289. The Balaban J connectivity index is 1.53. The molecule has 0 unspecified atom stereocenters. The van der Waals surface area contributed by atoms with Crippen LogP contribution >= 0.6 is 27.7 Å². The number of hydrogen-bond donors (Lipinski definition) is 1. The molecule has 3 aromatic rings. The lowest BCUT2D eigenvalue weighted by Crippen LogP contribution is -2.33. The molecule has 32 heavy (non-hydrogen) atoms. The van der Waals surface area contributed by atoms with E-state index in [9.17, 15) is 9.59 Å². The van der Waals surface area contributed by atoms with E-state index >= 15 is 0 Å². The van der Waals surface area contributed by atoms with Crippen molar-refractivity contribution in [3.63, 3.8) is 0 Å². The third-order valence-electron chi connectivity index (χ3n) is 4.45. The topological polar surface area (TPSA) is 91.7 Å². The lowest BCUT2D eigenvalue weighted by Gasteiger charge is -2.17. The summed E-state index contributed by atoms with van der Waals surface area (Å²) < 4.78 is 7.58. The van der Waals surface area contributed by atoms with Crippen LogP contribution in [0.2, 0.25) is 0 Å². The Labute approximate surface area is 197 Å². The fourth-order valence-corrected chi connectivity index (χ4v) is 3.98. The number of amides is 2. The van der Waals surface area contributed by atoms with Gasteiger partial charge in [0, 0.05) is 4.47 Å². The number of nitrogens with one attached hydrogen (secondary N) is 1. The molecule has 10 heteroatoms. The van der Waals surface area contributed by atoms with Gasteiger partial charge in [0.05, 0.1) is 11.4 Å². The first kappa shape index (κ1) is 22.0. The summed E-state index contributed by atoms with van der Waals surface area (Å²) in [4.78, 5) is 31.6. The van der Waals surface area contributed by atoms with Gasteiger partial charge < -0.3 is 0 Å². The number of halogens is 1. The van der Waals surface area contributed by atoms with Crippen LogP contribution in [0, 0.1) is 0 Å². The first-order valence-corrected chi connectivity index (χ1v) is 11.6. The molecule has 0 aliphatic carbocycles. The van der Waals surface area contributed by atoms with Crippen molar-refractivity contribution in [2.45, 2.75) is 13.5 Å². The second-order valence-corrected chi connectivity index (χ2v) is 8.57. The maximum absolute atomic E-state index is 13.2. The van der Waals surface area contributed by atoms with Crippen molar-refractivity contribution < 1.29 is 18.8 Å². The molecule has 0 saturated heterocycles. The second-order valence-electron chi connectivity index (χ2n) is 6.71. The van der Waals surface area contributed by atoms with Crippen LogP contribution in [0.4, 0.5) is 11.6 Å². The van der Waals surface area contributed by atoms with E-state index in [4.69, 9.17) is 4.52 Å². The van der Waals surface area contributed by atoms with Gasteiger partial charge in [-0.15, -0.1) is 0 Å². The Kier molecular flexibility index (Phi) is 6.81. The summed E-state index contributed by atoms with van der Waals surface area (Å²) >= 11 is 4.58. The van der Waals surface area contributed by atoms with E-state index in [0.29, 0.717) is 23.1 Å². The van der Waals surface area contributed by atoms with Crippen molar-refractivity contribution in [1.29, 1.82) is 0 Å². The Morgan fingerprint density at radius 1 is 1.22 bits per heavy atom. The first-order valence-electron chi connectivity index (χ1n) is 9.78. The predicted octanol–water partition coefficient (Wildman–Crippen LogP) is 3.86. The van der Waals surface area contributed by atoms with Gasteiger partial charge in [0.25, 0.3) is 12.1 Å². The van der Waals surface area contributed by atoms with Gasteiger partial charge in [0.1, 0.15) is 5.70 Å². The van der Waals surface area contributed by atoms with Crippen LogP contribution in [-0.4, -0.2) is 28.0 Å². The third-order valence-corrected chi connectivity index (χ3v) is 5.91. The molecule has 0 saturated carbocycles. The summed E-state index contributed by atoms with van der Waals surface area (Å²) in [6.45, 7) is 2.54. The third kappa shape index (κ3) is 5.14. The summed E-state index contributed by atoms with van der Waals surface area (Å²) in [7, 11) is 0. The molecule has 1 aliphatic heterocycles. The van der Waals surface area contributed by atoms with E-state index in [0.717, 1.165) is 10.0 Å². The number of anilines is 2. The van der Waals surface area contributed by atoms with E-state index in [1.54, 1.807) is 17.0 Å². The van der Waals surface area contributed by atoms with Crippen molar-refractivity contribution in [3.05, 3.63) is 76.5 Å². The average molecular weight is 513 g/mol. The van der Waals surface area contributed by atoms with E-state index in [1.165, 1.54) is 16.7 Å². The van der Waals surface area contributed by atoms with Crippen molar-refractivity contribution in [2.24, 2.45) is 4.99 Å². The zero-order chi connectivity index (χ0) is 22.5. The fourth-order valence-electron chi connectivity index (χ4n) is 2.90. The molecule has 0 atom stereocenters. The zero-order valence-corrected chi connectivity index (χ0v) is 19.5. The number of thioether (sulfide) groups is 1. The Morgan fingerprint density at radius 2 is 1.97 bits per heavy atom. The molecule has 8 nitrogen and oxygen atoms in total. The summed E-state index contributed by atoms with van der Waals surface area (Å²) in [5.41, 5.74) is 1.84. The largest absolute Gasteiger partial charge is 0.302 e. The number of carbonyl (C=O) groups is 2. The minimum absolute atomic E-state index is 0.0494. The number of hydrogen-bond acceptors (Lipinski definition) is 6. The summed E-state index contributed by atoms with van der Waals surface area (Å²) in [6.07, 6.45) is 3.34. The molecule has 2 heterocycles. The molecular weight excluding hydrogens is 494 g/mol. The number of amidine groups is 1. The normalized spacial score (nSPS) is 14.7. The fraction of sp³-hybridized carbons (Fsp3) is 0.136. The number of rotatable bonds is 6.